The zero-order valence-corrected chi connectivity index (χ0v) is 11.7. The number of carbonyl (C=O) groups is 1. The third-order valence-corrected chi connectivity index (χ3v) is 3.86. The lowest BCUT2D eigenvalue weighted by Gasteiger charge is -2.35. The van der Waals surface area contributed by atoms with Gasteiger partial charge < -0.3 is 10.2 Å². The third kappa shape index (κ3) is 3.13. The molecule has 0 radical (unpaired) electrons. The van der Waals surface area contributed by atoms with E-state index in [0.717, 1.165) is 19.5 Å². The SMILES string of the molecule is Cc1cccc(C(=O)NC2CCN(C)CC2C)c1F. The molecule has 0 aliphatic carbocycles. The molecule has 19 heavy (non-hydrogen) atoms. The van der Waals surface area contributed by atoms with Crippen LogP contribution in [0.15, 0.2) is 18.2 Å². The van der Waals surface area contributed by atoms with Gasteiger partial charge in [-0.05, 0) is 44.5 Å². The maximum atomic E-state index is 13.9. The van der Waals surface area contributed by atoms with Crippen molar-refractivity contribution in [2.24, 2.45) is 5.92 Å². The second kappa shape index (κ2) is 5.70. The van der Waals surface area contributed by atoms with Crippen molar-refractivity contribution in [2.75, 3.05) is 20.1 Å². The Hall–Kier alpha value is -1.42. The van der Waals surface area contributed by atoms with Gasteiger partial charge in [-0.25, -0.2) is 4.39 Å². The first kappa shape index (κ1) is 14.0. The number of hydrogen-bond donors (Lipinski definition) is 1. The summed E-state index contributed by atoms with van der Waals surface area (Å²) in [6.07, 6.45) is 0.914. The van der Waals surface area contributed by atoms with E-state index < -0.39 is 5.82 Å². The number of likely N-dealkylation sites (tertiary alicyclic amines) is 1. The van der Waals surface area contributed by atoms with Crippen LogP contribution in [0.5, 0.6) is 0 Å². The predicted molar refractivity (Wildman–Crippen MR) is 73.7 cm³/mol. The normalized spacial score (nSPS) is 24.2. The largest absolute Gasteiger partial charge is 0.349 e. The summed E-state index contributed by atoms with van der Waals surface area (Å²) >= 11 is 0. The number of piperidine rings is 1. The highest BCUT2D eigenvalue weighted by Gasteiger charge is 2.26. The van der Waals surface area contributed by atoms with Crippen molar-refractivity contribution in [3.8, 4) is 0 Å². The maximum absolute atomic E-state index is 13.9. The van der Waals surface area contributed by atoms with E-state index in [4.69, 9.17) is 0 Å². The molecule has 2 atom stereocenters. The molecule has 4 heteroatoms. The monoisotopic (exact) mass is 264 g/mol. The van der Waals surface area contributed by atoms with Crippen LogP contribution >= 0.6 is 0 Å². The average Bonchev–Trinajstić information content (AvgIpc) is 2.36. The highest BCUT2D eigenvalue weighted by atomic mass is 19.1. The van der Waals surface area contributed by atoms with Gasteiger partial charge in [-0.3, -0.25) is 4.79 Å². The van der Waals surface area contributed by atoms with Crippen molar-refractivity contribution in [3.63, 3.8) is 0 Å². The van der Waals surface area contributed by atoms with Crippen molar-refractivity contribution < 1.29 is 9.18 Å². The number of benzene rings is 1. The molecule has 2 rings (SSSR count). The average molecular weight is 264 g/mol. The van der Waals surface area contributed by atoms with Crippen LogP contribution in [0, 0.1) is 18.7 Å². The zero-order valence-electron chi connectivity index (χ0n) is 11.7. The Morgan fingerprint density at radius 3 is 2.89 bits per heavy atom. The molecule has 1 N–H and O–H groups in total. The molecule has 1 amide bonds. The Balaban J connectivity index is 2.07. The molecule has 1 aromatic carbocycles. The number of halogens is 1. The fraction of sp³-hybridized carbons (Fsp3) is 0.533. The van der Waals surface area contributed by atoms with E-state index in [2.05, 4.69) is 24.2 Å². The third-order valence-electron chi connectivity index (χ3n) is 3.86. The second-order valence-electron chi connectivity index (χ2n) is 5.54. The first-order valence-corrected chi connectivity index (χ1v) is 6.73. The van der Waals surface area contributed by atoms with Gasteiger partial charge in [0.2, 0.25) is 0 Å². The fourth-order valence-corrected chi connectivity index (χ4v) is 2.64. The molecule has 0 spiro atoms. The Morgan fingerprint density at radius 2 is 2.21 bits per heavy atom. The minimum Gasteiger partial charge on any atom is -0.349 e. The lowest BCUT2D eigenvalue weighted by molar-refractivity contribution is 0.0879. The molecular formula is C15H21FN2O. The molecule has 2 unspecified atom stereocenters. The van der Waals surface area contributed by atoms with Gasteiger partial charge in [0.1, 0.15) is 5.82 Å². The van der Waals surface area contributed by atoms with Crippen LogP contribution in [0.3, 0.4) is 0 Å². The number of carbonyl (C=O) groups excluding carboxylic acids is 1. The van der Waals surface area contributed by atoms with Crippen LogP contribution in [0.2, 0.25) is 0 Å². The quantitative estimate of drug-likeness (QED) is 0.888. The Kier molecular flexibility index (Phi) is 4.20. The van der Waals surface area contributed by atoms with Gasteiger partial charge in [0.15, 0.2) is 0 Å². The van der Waals surface area contributed by atoms with Crippen LogP contribution in [-0.2, 0) is 0 Å². The van der Waals surface area contributed by atoms with Crippen molar-refractivity contribution >= 4 is 5.91 Å². The lowest BCUT2D eigenvalue weighted by Crippen LogP contribution is -2.49. The Labute approximate surface area is 113 Å². The van der Waals surface area contributed by atoms with E-state index in [0.29, 0.717) is 11.5 Å². The Bertz CT molecular complexity index is 475. The smallest absolute Gasteiger partial charge is 0.254 e. The molecule has 1 aliphatic rings. The first-order chi connectivity index (χ1) is 8.99. The van der Waals surface area contributed by atoms with Crippen LogP contribution in [0.4, 0.5) is 4.39 Å². The van der Waals surface area contributed by atoms with E-state index in [9.17, 15) is 9.18 Å². The van der Waals surface area contributed by atoms with Crippen molar-refractivity contribution in [3.05, 3.63) is 35.1 Å². The lowest BCUT2D eigenvalue weighted by atomic mass is 9.94. The number of rotatable bonds is 2. The summed E-state index contributed by atoms with van der Waals surface area (Å²) in [5.74, 6) is -0.334. The van der Waals surface area contributed by atoms with E-state index in [1.807, 2.05) is 0 Å². The molecule has 1 saturated heterocycles. The van der Waals surface area contributed by atoms with Gasteiger partial charge in [0, 0.05) is 12.6 Å². The number of nitrogens with zero attached hydrogens (tertiary/aromatic N) is 1. The molecule has 1 heterocycles. The molecule has 0 saturated carbocycles. The first-order valence-electron chi connectivity index (χ1n) is 6.73. The van der Waals surface area contributed by atoms with Crippen LogP contribution < -0.4 is 5.32 Å². The number of aryl methyl sites for hydroxylation is 1. The molecule has 104 valence electrons. The van der Waals surface area contributed by atoms with Gasteiger partial charge in [-0.15, -0.1) is 0 Å². The van der Waals surface area contributed by atoms with E-state index >= 15 is 0 Å². The minimum atomic E-state index is -0.416. The summed E-state index contributed by atoms with van der Waals surface area (Å²) in [6.45, 7) is 5.71. The maximum Gasteiger partial charge on any atom is 0.254 e. The Morgan fingerprint density at radius 1 is 1.47 bits per heavy atom. The van der Waals surface area contributed by atoms with Gasteiger partial charge in [0.05, 0.1) is 5.56 Å². The molecule has 0 bridgehead atoms. The molecule has 1 aliphatic heterocycles. The number of hydrogen-bond acceptors (Lipinski definition) is 2. The van der Waals surface area contributed by atoms with Crippen molar-refractivity contribution in [2.45, 2.75) is 26.3 Å². The van der Waals surface area contributed by atoms with Gasteiger partial charge in [-0.2, -0.15) is 0 Å². The summed E-state index contributed by atoms with van der Waals surface area (Å²) in [7, 11) is 2.08. The number of amides is 1. The summed E-state index contributed by atoms with van der Waals surface area (Å²) in [6, 6.07) is 5.05. The highest BCUT2D eigenvalue weighted by Crippen LogP contribution is 2.17. The van der Waals surface area contributed by atoms with Crippen molar-refractivity contribution in [1.82, 2.24) is 10.2 Å². The molecule has 3 nitrogen and oxygen atoms in total. The minimum absolute atomic E-state index is 0.128. The summed E-state index contributed by atoms with van der Waals surface area (Å²) < 4.78 is 13.9. The topological polar surface area (TPSA) is 32.3 Å². The van der Waals surface area contributed by atoms with Crippen molar-refractivity contribution in [1.29, 1.82) is 0 Å². The summed E-state index contributed by atoms with van der Waals surface area (Å²) in [5.41, 5.74) is 0.648. The molecule has 1 fully saturated rings. The second-order valence-corrected chi connectivity index (χ2v) is 5.54. The number of nitrogens with one attached hydrogen (secondary N) is 1. The highest BCUT2D eigenvalue weighted by molar-refractivity contribution is 5.94. The van der Waals surface area contributed by atoms with Gasteiger partial charge >= 0.3 is 0 Å². The standard InChI is InChI=1S/C15H21FN2O/c1-10-5-4-6-12(14(10)16)15(19)17-13-7-8-18(3)9-11(13)2/h4-6,11,13H,7-9H2,1-3H3,(H,17,19). The van der Waals surface area contributed by atoms with Crippen LogP contribution in [0.1, 0.15) is 29.3 Å². The van der Waals surface area contributed by atoms with Gasteiger partial charge in [0.25, 0.3) is 5.91 Å². The zero-order chi connectivity index (χ0) is 14.0. The summed E-state index contributed by atoms with van der Waals surface area (Å²) in [5, 5.41) is 2.97. The molecular weight excluding hydrogens is 243 g/mol. The van der Waals surface area contributed by atoms with E-state index in [-0.39, 0.29) is 17.5 Å². The van der Waals surface area contributed by atoms with Crippen LogP contribution in [0.25, 0.3) is 0 Å². The van der Waals surface area contributed by atoms with Crippen LogP contribution in [-0.4, -0.2) is 37.0 Å². The van der Waals surface area contributed by atoms with Gasteiger partial charge in [-0.1, -0.05) is 19.1 Å². The van der Waals surface area contributed by atoms with E-state index in [1.54, 1.807) is 19.1 Å². The summed E-state index contributed by atoms with van der Waals surface area (Å²) in [4.78, 5) is 14.4. The van der Waals surface area contributed by atoms with E-state index in [1.165, 1.54) is 6.07 Å². The fourth-order valence-electron chi connectivity index (χ4n) is 2.64. The molecule has 1 aromatic rings. The molecule has 0 aromatic heterocycles. The predicted octanol–water partition coefficient (Wildman–Crippen LogP) is 2.20.